The van der Waals surface area contributed by atoms with E-state index in [2.05, 4.69) is 5.48 Å². The average Bonchev–Trinajstić information content (AvgIpc) is 2.52. The number of ether oxygens (including phenoxy) is 2. The zero-order valence-corrected chi connectivity index (χ0v) is 11.5. The van der Waals surface area contributed by atoms with E-state index < -0.39 is 0 Å². The zero-order chi connectivity index (χ0) is 14.0. The van der Waals surface area contributed by atoms with Gasteiger partial charge >= 0.3 is 0 Å². The Morgan fingerprint density at radius 3 is 2.35 bits per heavy atom. The molecule has 0 atom stereocenters. The Kier molecular flexibility index (Phi) is 5.89. The van der Waals surface area contributed by atoms with Gasteiger partial charge in [0.2, 0.25) is 0 Å². The Labute approximate surface area is 119 Å². The van der Waals surface area contributed by atoms with Crippen molar-refractivity contribution in [3.05, 3.63) is 60.2 Å². The molecule has 0 heterocycles. The largest absolute Gasteiger partial charge is 0.489 e. The molecular formula is C16H19NO3. The van der Waals surface area contributed by atoms with Gasteiger partial charge in [0.05, 0.1) is 18.9 Å². The minimum atomic E-state index is 0.503. The fourth-order valence-electron chi connectivity index (χ4n) is 1.62. The first-order valence-electron chi connectivity index (χ1n) is 6.52. The lowest BCUT2D eigenvalue weighted by atomic mass is 10.2. The molecule has 0 radical (unpaired) electrons. The van der Waals surface area contributed by atoms with Gasteiger partial charge in [-0.15, -0.1) is 0 Å². The van der Waals surface area contributed by atoms with Crippen molar-refractivity contribution in [2.24, 2.45) is 0 Å². The van der Waals surface area contributed by atoms with Crippen LogP contribution in [0.25, 0.3) is 0 Å². The average molecular weight is 273 g/mol. The van der Waals surface area contributed by atoms with Crippen LogP contribution in [0.15, 0.2) is 54.6 Å². The van der Waals surface area contributed by atoms with Gasteiger partial charge in [-0.3, -0.25) is 10.3 Å². The molecule has 1 N–H and O–H groups in total. The van der Waals surface area contributed by atoms with Crippen LogP contribution >= 0.6 is 0 Å². The SMILES string of the molecule is COCCONc1ccc(OCc2ccccc2)cc1. The van der Waals surface area contributed by atoms with E-state index in [4.69, 9.17) is 14.3 Å². The second-order valence-electron chi connectivity index (χ2n) is 4.24. The maximum Gasteiger partial charge on any atom is 0.119 e. The first-order chi connectivity index (χ1) is 9.88. The standard InChI is InChI=1S/C16H19NO3/c1-18-11-12-20-17-15-7-9-16(10-8-15)19-13-14-5-3-2-4-6-14/h2-10,17H,11-13H2,1H3. The molecule has 2 aromatic carbocycles. The fraction of sp³-hybridized carbons (Fsp3) is 0.250. The van der Waals surface area contributed by atoms with Crippen LogP contribution in [0.1, 0.15) is 5.56 Å². The molecular weight excluding hydrogens is 254 g/mol. The molecule has 4 heteroatoms. The molecule has 0 bridgehead atoms. The Hall–Kier alpha value is -2.04. The minimum Gasteiger partial charge on any atom is -0.489 e. The third-order valence-electron chi connectivity index (χ3n) is 2.68. The highest BCUT2D eigenvalue weighted by Gasteiger charge is 1.97. The highest BCUT2D eigenvalue weighted by Crippen LogP contribution is 2.17. The summed E-state index contributed by atoms with van der Waals surface area (Å²) in [5.41, 5.74) is 4.88. The smallest absolute Gasteiger partial charge is 0.119 e. The number of nitrogens with one attached hydrogen (secondary N) is 1. The third kappa shape index (κ3) is 4.91. The van der Waals surface area contributed by atoms with Gasteiger partial charge < -0.3 is 9.47 Å². The maximum atomic E-state index is 5.70. The van der Waals surface area contributed by atoms with Crippen molar-refractivity contribution in [2.75, 3.05) is 25.8 Å². The lowest BCUT2D eigenvalue weighted by molar-refractivity contribution is 0.101. The number of hydrogen-bond donors (Lipinski definition) is 1. The summed E-state index contributed by atoms with van der Waals surface area (Å²) in [6.45, 7) is 1.63. The van der Waals surface area contributed by atoms with E-state index in [1.54, 1.807) is 7.11 Å². The van der Waals surface area contributed by atoms with Crippen LogP contribution in [-0.2, 0) is 16.2 Å². The van der Waals surface area contributed by atoms with Gasteiger partial charge in [-0.1, -0.05) is 30.3 Å². The molecule has 0 unspecified atom stereocenters. The molecule has 0 aromatic heterocycles. The maximum absolute atomic E-state index is 5.70. The predicted octanol–water partition coefficient (Wildman–Crippen LogP) is 3.26. The van der Waals surface area contributed by atoms with Crippen LogP contribution in [-0.4, -0.2) is 20.3 Å². The summed E-state index contributed by atoms with van der Waals surface area (Å²) in [6.07, 6.45) is 0. The van der Waals surface area contributed by atoms with E-state index >= 15 is 0 Å². The van der Waals surface area contributed by atoms with E-state index in [1.807, 2.05) is 54.6 Å². The third-order valence-corrected chi connectivity index (χ3v) is 2.68. The fourth-order valence-corrected chi connectivity index (χ4v) is 1.62. The number of rotatable bonds is 8. The summed E-state index contributed by atoms with van der Waals surface area (Å²) >= 11 is 0. The summed E-state index contributed by atoms with van der Waals surface area (Å²) in [5, 5.41) is 0. The number of hydrogen-bond acceptors (Lipinski definition) is 4. The van der Waals surface area contributed by atoms with Gasteiger partial charge in [0.1, 0.15) is 12.4 Å². The van der Waals surface area contributed by atoms with Gasteiger partial charge in [-0.25, -0.2) is 0 Å². The van der Waals surface area contributed by atoms with Gasteiger partial charge in [0.25, 0.3) is 0 Å². The lowest BCUT2D eigenvalue weighted by Crippen LogP contribution is -2.07. The van der Waals surface area contributed by atoms with E-state index in [1.165, 1.54) is 0 Å². The van der Waals surface area contributed by atoms with Crippen molar-refractivity contribution in [1.29, 1.82) is 0 Å². The number of benzene rings is 2. The van der Waals surface area contributed by atoms with Crippen molar-refractivity contribution in [3.63, 3.8) is 0 Å². The van der Waals surface area contributed by atoms with Crippen LogP contribution in [0.3, 0.4) is 0 Å². The summed E-state index contributed by atoms with van der Waals surface area (Å²) in [6, 6.07) is 17.7. The molecule has 106 valence electrons. The van der Waals surface area contributed by atoms with Gasteiger partial charge in [0.15, 0.2) is 0 Å². The topological polar surface area (TPSA) is 39.7 Å². The number of anilines is 1. The van der Waals surface area contributed by atoms with Crippen molar-refractivity contribution in [1.82, 2.24) is 0 Å². The van der Waals surface area contributed by atoms with Crippen LogP contribution in [0.5, 0.6) is 5.75 Å². The quantitative estimate of drug-likeness (QED) is 0.592. The summed E-state index contributed by atoms with van der Waals surface area (Å²) < 4.78 is 10.6. The molecule has 4 nitrogen and oxygen atoms in total. The van der Waals surface area contributed by atoms with E-state index in [9.17, 15) is 0 Å². The summed E-state index contributed by atoms with van der Waals surface area (Å²) in [5.74, 6) is 0.830. The Bertz CT molecular complexity index is 485. The molecule has 0 spiro atoms. The molecule has 0 aliphatic heterocycles. The highest BCUT2D eigenvalue weighted by atomic mass is 16.7. The van der Waals surface area contributed by atoms with E-state index in [-0.39, 0.29) is 0 Å². The van der Waals surface area contributed by atoms with Crippen molar-refractivity contribution < 1.29 is 14.3 Å². The molecule has 0 aliphatic carbocycles. The molecule has 0 fully saturated rings. The molecule has 2 aromatic rings. The molecule has 0 saturated carbocycles. The highest BCUT2D eigenvalue weighted by molar-refractivity contribution is 5.44. The minimum absolute atomic E-state index is 0.503. The number of methoxy groups -OCH3 is 1. The molecule has 20 heavy (non-hydrogen) atoms. The lowest BCUT2D eigenvalue weighted by Gasteiger charge is -2.09. The Balaban J connectivity index is 1.76. The van der Waals surface area contributed by atoms with Crippen molar-refractivity contribution >= 4 is 5.69 Å². The van der Waals surface area contributed by atoms with Gasteiger partial charge in [-0.05, 0) is 29.8 Å². The Morgan fingerprint density at radius 2 is 1.65 bits per heavy atom. The predicted molar refractivity (Wildman–Crippen MR) is 78.7 cm³/mol. The first-order valence-corrected chi connectivity index (χ1v) is 6.52. The molecule has 0 saturated heterocycles. The summed E-state index contributed by atoms with van der Waals surface area (Å²) in [4.78, 5) is 5.21. The molecule has 0 amide bonds. The van der Waals surface area contributed by atoms with Crippen molar-refractivity contribution in [3.8, 4) is 5.75 Å². The second kappa shape index (κ2) is 8.19. The second-order valence-corrected chi connectivity index (χ2v) is 4.24. The first kappa shape index (κ1) is 14.4. The van der Waals surface area contributed by atoms with Crippen LogP contribution in [0, 0.1) is 0 Å². The Morgan fingerprint density at radius 1 is 0.900 bits per heavy atom. The van der Waals surface area contributed by atoms with E-state index in [0.29, 0.717) is 19.8 Å². The van der Waals surface area contributed by atoms with Gasteiger partial charge in [-0.2, -0.15) is 0 Å². The van der Waals surface area contributed by atoms with E-state index in [0.717, 1.165) is 17.0 Å². The molecule has 0 aliphatic rings. The van der Waals surface area contributed by atoms with Crippen molar-refractivity contribution in [2.45, 2.75) is 6.61 Å². The van der Waals surface area contributed by atoms with Crippen LogP contribution in [0.2, 0.25) is 0 Å². The normalized spacial score (nSPS) is 10.2. The van der Waals surface area contributed by atoms with Gasteiger partial charge in [0, 0.05) is 7.11 Å². The molecule has 2 rings (SSSR count). The monoisotopic (exact) mass is 273 g/mol. The van der Waals surface area contributed by atoms with Crippen LogP contribution in [0.4, 0.5) is 5.69 Å². The zero-order valence-electron chi connectivity index (χ0n) is 11.5. The van der Waals surface area contributed by atoms with Crippen LogP contribution < -0.4 is 10.2 Å². The summed E-state index contributed by atoms with van der Waals surface area (Å²) in [7, 11) is 1.64.